The summed E-state index contributed by atoms with van der Waals surface area (Å²) in [6.45, 7) is 6.06. The molecule has 0 fully saturated rings. The molecule has 0 radical (unpaired) electrons. The van der Waals surface area contributed by atoms with E-state index in [1.807, 2.05) is 20.8 Å². The lowest BCUT2D eigenvalue weighted by atomic mass is 10.0. The first kappa shape index (κ1) is 34.7. The first-order valence-corrected chi connectivity index (χ1v) is 13.0. The Morgan fingerprint density at radius 3 is 2.00 bits per heavy atom. The highest BCUT2D eigenvalue weighted by Crippen LogP contribution is 2.33. The number of anilines is 1. The molecular formula is C29H32F3N5O7. The molecule has 44 heavy (non-hydrogen) atoms. The number of phenolic OH excluding ortho intramolecular Hbond substituents is 1. The monoisotopic (exact) mass is 619 g/mol. The van der Waals surface area contributed by atoms with Crippen LogP contribution in [0.2, 0.25) is 0 Å². The first-order chi connectivity index (χ1) is 20.6. The van der Waals surface area contributed by atoms with Gasteiger partial charge in [0.1, 0.15) is 17.6 Å². The molecule has 12 nitrogen and oxygen atoms in total. The summed E-state index contributed by atoms with van der Waals surface area (Å²) in [5, 5.41) is 27.3. The lowest BCUT2D eigenvalue weighted by Crippen LogP contribution is -2.45. The number of hydrogen-bond donors (Lipinski definition) is 7. The number of alkyl halides is 3. The number of halogens is 3. The van der Waals surface area contributed by atoms with Crippen molar-refractivity contribution in [2.24, 2.45) is 5.73 Å². The van der Waals surface area contributed by atoms with Gasteiger partial charge >= 0.3 is 12.1 Å². The molecule has 15 heteroatoms. The number of nitrogens with two attached hydrogens (primary N) is 1. The molecule has 0 aliphatic heterocycles. The number of rotatable bonds is 10. The third kappa shape index (κ3) is 10.7. The number of hydrazine groups is 1. The van der Waals surface area contributed by atoms with Crippen molar-refractivity contribution in [1.29, 1.82) is 5.41 Å². The number of amidine groups is 1. The van der Waals surface area contributed by atoms with Gasteiger partial charge in [0.05, 0.1) is 12.7 Å². The van der Waals surface area contributed by atoms with E-state index >= 15 is 0 Å². The summed E-state index contributed by atoms with van der Waals surface area (Å²) in [4.78, 5) is 34.7. The number of aliphatic carboxylic acids is 1. The molecule has 0 bridgehead atoms. The number of carbonyl (C=O) groups is 3. The van der Waals surface area contributed by atoms with Gasteiger partial charge in [-0.05, 0) is 87.0 Å². The molecule has 0 spiro atoms. The Morgan fingerprint density at radius 1 is 0.932 bits per heavy atom. The summed E-state index contributed by atoms with van der Waals surface area (Å²) in [6.07, 6.45) is -5.16. The van der Waals surface area contributed by atoms with E-state index in [4.69, 9.17) is 30.5 Å². The van der Waals surface area contributed by atoms with E-state index in [9.17, 15) is 27.9 Å². The van der Waals surface area contributed by atoms with Gasteiger partial charge in [0.25, 0.3) is 11.8 Å². The topological polar surface area (TPSA) is 196 Å². The van der Waals surface area contributed by atoms with Crippen LogP contribution >= 0.6 is 0 Å². The minimum atomic E-state index is -5.08. The van der Waals surface area contributed by atoms with Gasteiger partial charge in [-0.2, -0.15) is 13.2 Å². The van der Waals surface area contributed by atoms with Gasteiger partial charge in [0, 0.05) is 16.8 Å². The van der Waals surface area contributed by atoms with Crippen LogP contribution in [0.1, 0.15) is 48.3 Å². The zero-order chi connectivity index (χ0) is 33.0. The van der Waals surface area contributed by atoms with E-state index < -0.39 is 30.0 Å². The first-order valence-electron chi connectivity index (χ1n) is 13.0. The van der Waals surface area contributed by atoms with Crippen LogP contribution in [0.4, 0.5) is 18.9 Å². The van der Waals surface area contributed by atoms with E-state index in [0.29, 0.717) is 34.9 Å². The minimum absolute atomic E-state index is 0.0237. The number of nitrogens with one attached hydrogen (secondary N) is 4. The number of carboxylic acid groups (broad SMARTS) is 1. The van der Waals surface area contributed by atoms with Gasteiger partial charge < -0.3 is 30.7 Å². The maximum atomic E-state index is 13.3. The highest BCUT2D eigenvalue weighted by Gasteiger charge is 2.38. The van der Waals surface area contributed by atoms with Crippen molar-refractivity contribution in [3.05, 3.63) is 83.4 Å². The van der Waals surface area contributed by atoms with Crippen molar-refractivity contribution in [3.63, 3.8) is 0 Å². The number of nitrogen functional groups attached to an aromatic ring is 1. The summed E-state index contributed by atoms with van der Waals surface area (Å²) in [5.74, 6) is -2.86. The molecule has 0 heterocycles. The van der Waals surface area contributed by atoms with Crippen LogP contribution in [0.5, 0.6) is 17.2 Å². The number of amides is 2. The predicted molar refractivity (Wildman–Crippen MR) is 155 cm³/mol. The van der Waals surface area contributed by atoms with Gasteiger partial charge in [0.2, 0.25) is 0 Å². The fraction of sp³-hybridized carbons (Fsp3) is 0.241. The zero-order valence-corrected chi connectivity index (χ0v) is 23.9. The largest absolute Gasteiger partial charge is 0.508 e. The molecule has 0 saturated carbocycles. The molecule has 3 rings (SSSR count). The van der Waals surface area contributed by atoms with Gasteiger partial charge in [-0.3, -0.25) is 25.8 Å². The van der Waals surface area contributed by atoms with Crippen molar-refractivity contribution in [3.8, 4) is 17.2 Å². The standard InChI is InChI=1S/C27H31N5O5.C2HF3O2/c1-4-36-23-15-19(9-14-22(23)37-16(2)3)24(30-20-10-5-17(6-11-20)25(28)29)27(35)32-31-26(34)18-7-12-21(33)13-8-18;3-2(4,5)1(6)7/h5-16,24,30,33H,4H2,1-3H3,(H3,28,29)(H,31,34)(H,32,35);(H,6,7). The van der Waals surface area contributed by atoms with E-state index in [-0.39, 0.29) is 23.3 Å². The maximum absolute atomic E-state index is 13.3. The zero-order valence-electron chi connectivity index (χ0n) is 23.9. The molecule has 1 atom stereocenters. The second-order valence-corrected chi connectivity index (χ2v) is 9.17. The highest BCUT2D eigenvalue weighted by molar-refractivity contribution is 5.97. The van der Waals surface area contributed by atoms with Crippen molar-refractivity contribution in [1.82, 2.24) is 10.9 Å². The Bertz CT molecular complexity index is 1450. The SMILES string of the molecule is CCOc1cc(C(Nc2ccc(C(=N)N)cc2)C(=O)NNC(=O)c2ccc(O)cc2)ccc1OC(C)C.O=C(O)C(F)(F)F. The Kier molecular flexibility index (Phi) is 12.4. The highest BCUT2D eigenvalue weighted by atomic mass is 19.4. The van der Waals surface area contributed by atoms with Gasteiger partial charge in [-0.1, -0.05) is 6.07 Å². The number of aromatic hydroxyl groups is 1. The average Bonchev–Trinajstić information content (AvgIpc) is 2.95. The van der Waals surface area contributed by atoms with Crippen LogP contribution in [-0.4, -0.2) is 52.7 Å². The molecule has 3 aromatic carbocycles. The average molecular weight is 620 g/mol. The number of ether oxygens (including phenoxy) is 2. The number of hydrogen-bond acceptors (Lipinski definition) is 8. The molecule has 0 aromatic heterocycles. The lowest BCUT2D eigenvalue weighted by molar-refractivity contribution is -0.192. The number of carboxylic acids is 1. The fourth-order valence-corrected chi connectivity index (χ4v) is 3.41. The van der Waals surface area contributed by atoms with E-state index in [0.717, 1.165) is 0 Å². The Balaban J connectivity index is 0.000000860. The van der Waals surface area contributed by atoms with Crippen molar-refractivity contribution in [2.45, 2.75) is 39.1 Å². The Labute approximate surface area is 250 Å². The fourth-order valence-electron chi connectivity index (χ4n) is 3.41. The molecule has 3 aromatic rings. The summed E-state index contributed by atoms with van der Waals surface area (Å²) < 4.78 is 43.3. The molecular weight excluding hydrogens is 587 g/mol. The van der Waals surface area contributed by atoms with Gasteiger partial charge in [-0.25, -0.2) is 4.79 Å². The molecule has 236 valence electrons. The number of carbonyl (C=O) groups excluding carboxylic acids is 2. The quantitative estimate of drug-likeness (QED) is 0.0992. The maximum Gasteiger partial charge on any atom is 0.490 e. The lowest BCUT2D eigenvalue weighted by Gasteiger charge is -2.22. The second kappa shape index (κ2) is 15.7. The van der Waals surface area contributed by atoms with Crippen molar-refractivity contribution in [2.75, 3.05) is 11.9 Å². The minimum Gasteiger partial charge on any atom is -0.508 e. The molecule has 2 amide bonds. The van der Waals surface area contributed by atoms with Crippen LogP contribution in [0, 0.1) is 5.41 Å². The number of phenols is 1. The van der Waals surface area contributed by atoms with Crippen molar-refractivity contribution < 1.29 is 47.2 Å². The van der Waals surface area contributed by atoms with E-state index in [1.165, 1.54) is 24.3 Å². The van der Waals surface area contributed by atoms with Gasteiger partial charge in [0.15, 0.2) is 11.5 Å². The van der Waals surface area contributed by atoms with E-state index in [2.05, 4.69) is 16.2 Å². The summed E-state index contributed by atoms with van der Waals surface area (Å²) >= 11 is 0. The van der Waals surface area contributed by atoms with E-state index in [1.54, 1.807) is 42.5 Å². The molecule has 8 N–H and O–H groups in total. The Morgan fingerprint density at radius 2 is 1.50 bits per heavy atom. The van der Waals surface area contributed by atoms with Crippen molar-refractivity contribution >= 4 is 29.3 Å². The third-order valence-electron chi connectivity index (χ3n) is 5.40. The van der Waals surface area contributed by atoms with Gasteiger partial charge in [-0.15, -0.1) is 0 Å². The molecule has 0 aliphatic rings. The smallest absolute Gasteiger partial charge is 0.490 e. The third-order valence-corrected chi connectivity index (χ3v) is 5.40. The summed E-state index contributed by atoms with van der Waals surface area (Å²) in [6, 6.07) is 16.6. The Hall–Kier alpha value is -5.47. The summed E-state index contributed by atoms with van der Waals surface area (Å²) in [5.41, 5.74) is 12.3. The molecule has 0 saturated heterocycles. The molecule has 1 unspecified atom stereocenters. The van der Waals surface area contributed by atoms with Crippen LogP contribution in [0.15, 0.2) is 66.7 Å². The van der Waals surface area contributed by atoms with Crippen LogP contribution in [0.25, 0.3) is 0 Å². The normalized spacial score (nSPS) is 11.3. The van der Waals surface area contributed by atoms with Crippen LogP contribution in [-0.2, 0) is 9.59 Å². The second-order valence-electron chi connectivity index (χ2n) is 9.17. The predicted octanol–water partition coefficient (Wildman–Crippen LogP) is 4.11. The number of benzene rings is 3. The molecule has 0 aliphatic carbocycles. The van der Waals surface area contributed by atoms with Crippen LogP contribution < -0.4 is 31.4 Å². The van der Waals surface area contributed by atoms with Crippen LogP contribution in [0.3, 0.4) is 0 Å². The summed E-state index contributed by atoms with van der Waals surface area (Å²) in [7, 11) is 0.